The number of hydrazine groups is 2. The molecule has 0 bridgehead atoms. The van der Waals surface area contributed by atoms with Crippen LogP contribution in [0.25, 0.3) is 0 Å². The van der Waals surface area contributed by atoms with E-state index in [0.29, 0.717) is 0 Å². The van der Waals surface area contributed by atoms with Crippen LogP contribution in [-0.2, 0) is 0 Å². The fourth-order valence-corrected chi connectivity index (χ4v) is 0.290. The van der Waals surface area contributed by atoms with E-state index in [9.17, 15) is 0 Å². The van der Waals surface area contributed by atoms with Gasteiger partial charge in [0.1, 0.15) is 0 Å². The second-order valence-corrected chi connectivity index (χ2v) is 1.09. The van der Waals surface area contributed by atoms with Crippen LogP contribution in [0.15, 0.2) is 6.20 Å². The number of nitrogens with one attached hydrogen (secondary N) is 2. The summed E-state index contributed by atoms with van der Waals surface area (Å²) < 4.78 is 0. The van der Waals surface area contributed by atoms with Crippen molar-refractivity contribution in [2.75, 3.05) is 7.05 Å². The van der Waals surface area contributed by atoms with Gasteiger partial charge < -0.3 is 5.43 Å². The zero-order valence-electron chi connectivity index (χ0n) is 3.52. The van der Waals surface area contributed by atoms with Gasteiger partial charge in [-0.15, -0.1) is 5.12 Å². The smallest absolute Gasteiger partial charge is 0.0940 e. The van der Waals surface area contributed by atoms with Crippen molar-refractivity contribution in [2.24, 2.45) is 0 Å². The summed E-state index contributed by atoms with van der Waals surface area (Å²) in [6, 6.07) is 0. The third kappa shape index (κ3) is 0.440. The first kappa shape index (κ1) is 3.49. The number of nitrogens with zero attached hydrogens (tertiary/aromatic N) is 1. The number of hydrogen-bond acceptors (Lipinski definition) is 3. The van der Waals surface area contributed by atoms with Crippen LogP contribution in [0.2, 0.25) is 0 Å². The van der Waals surface area contributed by atoms with E-state index in [1.165, 1.54) is 0 Å². The molecule has 0 aromatic heterocycles. The lowest BCUT2D eigenvalue weighted by molar-refractivity contribution is 0.244. The van der Waals surface area contributed by atoms with Crippen LogP contribution >= 0.6 is 0 Å². The minimum atomic E-state index is 1.69. The van der Waals surface area contributed by atoms with Crippen molar-refractivity contribution in [1.82, 2.24) is 16.0 Å². The predicted octanol–water partition coefficient (Wildman–Crippen LogP) is -0.785. The maximum absolute atomic E-state index is 2.81. The molecule has 1 radical (unpaired) electrons. The predicted molar refractivity (Wildman–Crippen MR) is 21.8 cm³/mol. The van der Waals surface area contributed by atoms with Crippen molar-refractivity contribution in [1.29, 1.82) is 0 Å². The van der Waals surface area contributed by atoms with Crippen molar-refractivity contribution in [2.45, 2.75) is 0 Å². The van der Waals surface area contributed by atoms with E-state index in [2.05, 4.69) is 17.1 Å². The maximum Gasteiger partial charge on any atom is 0.0940 e. The molecule has 1 aliphatic rings. The highest BCUT2D eigenvalue weighted by Crippen LogP contribution is 1.72. The normalized spacial score (nSPS) is 20.2. The summed E-state index contributed by atoms with van der Waals surface area (Å²) >= 11 is 0. The molecule has 3 nitrogen and oxygen atoms in total. The quantitative estimate of drug-likeness (QED) is 0.403. The van der Waals surface area contributed by atoms with Crippen LogP contribution in [0.4, 0.5) is 0 Å². The summed E-state index contributed by atoms with van der Waals surface area (Å²) in [4.78, 5) is 0. The summed E-state index contributed by atoms with van der Waals surface area (Å²) in [5, 5.41) is 1.69. The Morgan fingerprint density at radius 1 is 1.83 bits per heavy atom. The Kier molecular flexibility index (Phi) is 0.686. The van der Waals surface area contributed by atoms with Crippen molar-refractivity contribution >= 4 is 0 Å². The molecule has 0 aliphatic carbocycles. The minimum Gasteiger partial charge on any atom is -0.307 e. The molecule has 1 heterocycles. The molecule has 0 amide bonds. The first-order chi connectivity index (χ1) is 2.89. The van der Waals surface area contributed by atoms with E-state index in [-0.39, 0.29) is 0 Å². The topological polar surface area (TPSA) is 27.3 Å². The van der Waals surface area contributed by atoms with Crippen LogP contribution < -0.4 is 10.9 Å². The SMILES string of the molecule is CN1N[C]=CN1. The molecule has 33 valence electrons. The summed E-state index contributed by atoms with van der Waals surface area (Å²) in [5.41, 5.74) is 5.54. The molecule has 2 N–H and O–H groups in total. The van der Waals surface area contributed by atoms with Crippen LogP contribution in [-0.4, -0.2) is 12.2 Å². The molecule has 0 atom stereocenters. The van der Waals surface area contributed by atoms with E-state index in [1.807, 2.05) is 7.05 Å². The molecular formula is C3H6N3. The zero-order valence-corrected chi connectivity index (χ0v) is 3.52. The van der Waals surface area contributed by atoms with Crippen molar-refractivity contribution in [3.8, 4) is 0 Å². The highest BCUT2D eigenvalue weighted by atomic mass is 15.7. The van der Waals surface area contributed by atoms with Crippen molar-refractivity contribution in [3.05, 3.63) is 12.4 Å². The maximum atomic E-state index is 2.81. The van der Waals surface area contributed by atoms with Gasteiger partial charge in [0.15, 0.2) is 0 Å². The molecule has 0 aromatic rings. The van der Waals surface area contributed by atoms with Crippen LogP contribution in [0.3, 0.4) is 0 Å². The molecule has 0 saturated heterocycles. The largest absolute Gasteiger partial charge is 0.307 e. The van der Waals surface area contributed by atoms with Crippen LogP contribution in [0.1, 0.15) is 0 Å². The highest BCUT2D eigenvalue weighted by Gasteiger charge is 1.91. The Bertz CT molecular complexity index is 60.4. The van der Waals surface area contributed by atoms with Gasteiger partial charge in [-0.3, -0.25) is 5.43 Å². The Labute approximate surface area is 36.6 Å². The minimum absolute atomic E-state index is 1.69. The van der Waals surface area contributed by atoms with Gasteiger partial charge in [-0.1, -0.05) is 0 Å². The summed E-state index contributed by atoms with van der Waals surface area (Å²) in [6.07, 6.45) is 4.41. The van der Waals surface area contributed by atoms with Crippen LogP contribution in [0, 0.1) is 6.20 Å². The van der Waals surface area contributed by atoms with Gasteiger partial charge in [-0.2, -0.15) is 0 Å². The Balaban J connectivity index is 2.32. The van der Waals surface area contributed by atoms with E-state index in [0.717, 1.165) is 0 Å². The molecule has 0 saturated carbocycles. The van der Waals surface area contributed by atoms with Crippen molar-refractivity contribution < 1.29 is 0 Å². The van der Waals surface area contributed by atoms with Gasteiger partial charge in [-0.05, 0) is 0 Å². The zero-order chi connectivity index (χ0) is 4.41. The van der Waals surface area contributed by atoms with E-state index in [4.69, 9.17) is 0 Å². The first-order valence-electron chi connectivity index (χ1n) is 1.72. The van der Waals surface area contributed by atoms with Gasteiger partial charge in [0.2, 0.25) is 0 Å². The average molecular weight is 84.1 g/mol. The molecule has 0 spiro atoms. The molecular weight excluding hydrogens is 78.1 g/mol. The molecule has 3 heteroatoms. The van der Waals surface area contributed by atoms with Crippen LogP contribution in [0.5, 0.6) is 0 Å². The second kappa shape index (κ2) is 1.18. The summed E-state index contributed by atoms with van der Waals surface area (Å²) in [7, 11) is 1.86. The first-order valence-corrected chi connectivity index (χ1v) is 1.72. The average Bonchev–Trinajstić information content (AvgIpc) is 1.86. The van der Waals surface area contributed by atoms with Gasteiger partial charge in [0, 0.05) is 13.2 Å². The molecule has 0 unspecified atom stereocenters. The summed E-state index contributed by atoms with van der Waals surface area (Å²) in [5.74, 6) is 0. The molecule has 0 fully saturated rings. The highest BCUT2D eigenvalue weighted by molar-refractivity contribution is 4.70. The third-order valence-electron chi connectivity index (χ3n) is 0.563. The standard InChI is InChI=1S/C3H6N3/c1-6-4-2-3-5-6/h2,4-5H,1H3. The second-order valence-electron chi connectivity index (χ2n) is 1.09. The lowest BCUT2D eigenvalue weighted by Gasteiger charge is -2.05. The van der Waals surface area contributed by atoms with Crippen molar-refractivity contribution in [3.63, 3.8) is 0 Å². The van der Waals surface area contributed by atoms with Gasteiger partial charge in [-0.25, -0.2) is 0 Å². The number of hydrogen-bond donors (Lipinski definition) is 2. The molecule has 6 heavy (non-hydrogen) atoms. The van der Waals surface area contributed by atoms with Gasteiger partial charge in [0.25, 0.3) is 0 Å². The van der Waals surface area contributed by atoms with E-state index in [1.54, 1.807) is 11.3 Å². The fraction of sp³-hybridized carbons (Fsp3) is 0.333. The van der Waals surface area contributed by atoms with Gasteiger partial charge in [0.05, 0.1) is 6.20 Å². The monoisotopic (exact) mass is 84.1 g/mol. The van der Waals surface area contributed by atoms with E-state index >= 15 is 0 Å². The number of rotatable bonds is 0. The third-order valence-corrected chi connectivity index (χ3v) is 0.563. The molecule has 0 aromatic carbocycles. The molecule has 1 aliphatic heterocycles. The molecule has 1 rings (SSSR count). The Morgan fingerprint density at radius 3 is 2.83 bits per heavy atom. The Morgan fingerprint density at radius 2 is 2.67 bits per heavy atom. The Hall–Kier alpha value is -0.700. The van der Waals surface area contributed by atoms with Gasteiger partial charge >= 0.3 is 0 Å². The summed E-state index contributed by atoms with van der Waals surface area (Å²) in [6.45, 7) is 0. The fourth-order valence-electron chi connectivity index (χ4n) is 0.290. The lowest BCUT2D eigenvalue weighted by Crippen LogP contribution is -2.33. The lowest BCUT2D eigenvalue weighted by atomic mass is 11.0. The van der Waals surface area contributed by atoms with E-state index < -0.39 is 0 Å².